The maximum absolute atomic E-state index is 5.62. The predicted octanol–water partition coefficient (Wildman–Crippen LogP) is 1.96. The maximum atomic E-state index is 5.62. The molecule has 1 rings (SSSR count). The molecule has 0 unspecified atom stereocenters. The van der Waals surface area contributed by atoms with Gasteiger partial charge in [0.25, 0.3) is 0 Å². The lowest BCUT2D eigenvalue weighted by molar-refractivity contribution is 0.166. The lowest BCUT2D eigenvalue weighted by Crippen LogP contribution is -2.04. The highest BCUT2D eigenvalue weighted by Crippen LogP contribution is 2.14. The fourth-order valence-corrected chi connectivity index (χ4v) is 1.06. The van der Waals surface area contributed by atoms with Crippen molar-refractivity contribution < 1.29 is 4.84 Å². The van der Waals surface area contributed by atoms with Crippen LogP contribution < -0.4 is 5.73 Å². The van der Waals surface area contributed by atoms with Crippen molar-refractivity contribution in [3.05, 3.63) is 23.4 Å². The van der Waals surface area contributed by atoms with Gasteiger partial charge in [0.05, 0.1) is 0 Å². The van der Waals surface area contributed by atoms with Crippen LogP contribution in [0.1, 0.15) is 26.2 Å². The Morgan fingerprint density at radius 1 is 1.54 bits per heavy atom. The highest BCUT2D eigenvalue weighted by atomic mass is 16.6. The summed E-state index contributed by atoms with van der Waals surface area (Å²) in [5, 5.41) is 3.79. The zero-order valence-corrected chi connectivity index (χ0v) is 7.99. The second-order valence-electron chi connectivity index (χ2n) is 3.04. The van der Waals surface area contributed by atoms with Gasteiger partial charge in [-0.2, -0.15) is 0 Å². The van der Waals surface area contributed by atoms with E-state index in [9.17, 15) is 0 Å². The summed E-state index contributed by atoms with van der Waals surface area (Å²) in [6, 6.07) is 0. The average Bonchev–Trinajstić information content (AvgIpc) is 2.15. The molecule has 13 heavy (non-hydrogen) atoms. The molecule has 72 valence electrons. The number of rotatable bonds is 4. The standard InChI is InChI=1S/C10H16N2O/c1-2-7-12-13-8-9-3-5-10(11)6-4-9/h3,5,7H,2,4,6,8,11H2,1H3/b12-7-. The van der Waals surface area contributed by atoms with Crippen LogP contribution in [0.3, 0.4) is 0 Å². The van der Waals surface area contributed by atoms with Crippen LogP contribution in [0, 0.1) is 0 Å². The third-order valence-corrected chi connectivity index (χ3v) is 1.85. The van der Waals surface area contributed by atoms with Gasteiger partial charge < -0.3 is 10.6 Å². The summed E-state index contributed by atoms with van der Waals surface area (Å²) in [4.78, 5) is 5.08. The summed E-state index contributed by atoms with van der Waals surface area (Å²) in [6.45, 7) is 2.61. The van der Waals surface area contributed by atoms with Crippen molar-refractivity contribution in [2.75, 3.05) is 6.61 Å². The fraction of sp³-hybridized carbons (Fsp3) is 0.500. The quantitative estimate of drug-likeness (QED) is 0.531. The van der Waals surface area contributed by atoms with Gasteiger partial charge >= 0.3 is 0 Å². The molecular formula is C10H16N2O. The summed E-state index contributed by atoms with van der Waals surface area (Å²) in [5.74, 6) is 0. The maximum Gasteiger partial charge on any atom is 0.138 e. The molecule has 0 bridgehead atoms. The molecular weight excluding hydrogens is 164 g/mol. The molecule has 0 heterocycles. The molecule has 0 fully saturated rings. The molecule has 3 heteroatoms. The van der Waals surface area contributed by atoms with E-state index in [2.05, 4.69) is 5.16 Å². The zero-order valence-electron chi connectivity index (χ0n) is 7.99. The largest absolute Gasteiger partial charge is 0.402 e. The first-order valence-corrected chi connectivity index (χ1v) is 4.60. The normalized spacial score (nSPS) is 17.0. The number of hydrogen-bond acceptors (Lipinski definition) is 3. The Balaban J connectivity index is 2.26. The van der Waals surface area contributed by atoms with Crippen LogP contribution >= 0.6 is 0 Å². The van der Waals surface area contributed by atoms with Crippen LogP contribution in [0.4, 0.5) is 0 Å². The van der Waals surface area contributed by atoms with E-state index in [1.807, 2.05) is 19.1 Å². The fourth-order valence-electron chi connectivity index (χ4n) is 1.06. The third-order valence-electron chi connectivity index (χ3n) is 1.85. The summed E-state index contributed by atoms with van der Waals surface area (Å²) in [6.07, 6.45) is 8.54. The minimum Gasteiger partial charge on any atom is -0.402 e. The van der Waals surface area contributed by atoms with Crippen LogP contribution in [0.25, 0.3) is 0 Å². The van der Waals surface area contributed by atoms with Gasteiger partial charge in [-0.05, 0) is 30.9 Å². The van der Waals surface area contributed by atoms with Gasteiger partial charge in [-0.1, -0.05) is 18.2 Å². The molecule has 0 spiro atoms. The van der Waals surface area contributed by atoms with Crippen molar-refractivity contribution in [3.63, 3.8) is 0 Å². The minimum absolute atomic E-state index is 0.584. The monoisotopic (exact) mass is 180 g/mol. The van der Waals surface area contributed by atoms with Gasteiger partial charge in [-0.3, -0.25) is 0 Å². The van der Waals surface area contributed by atoms with Crippen molar-refractivity contribution in [2.45, 2.75) is 26.2 Å². The first kappa shape index (κ1) is 9.84. The first-order chi connectivity index (χ1) is 6.33. The molecule has 2 N–H and O–H groups in total. The van der Waals surface area contributed by atoms with E-state index in [1.165, 1.54) is 5.57 Å². The molecule has 1 aliphatic carbocycles. The summed E-state index contributed by atoms with van der Waals surface area (Å²) >= 11 is 0. The minimum atomic E-state index is 0.584. The molecule has 0 aromatic heterocycles. The van der Waals surface area contributed by atoms with Crippen molar-refractivity contribution >= 4 is 6.21 Å². The molecule has 3 nitrogen and oxygen atoms in total. The topological polar surface area (TPSA) is 47.6 Å². The number of nitrogens with two attached hydrogens (primary N) is 1. The molecule has 0 atom stereocenters. The van der Waals surface area contributed by atoms with Gasteiger partial charge in [0.2, 0.25) is 0 Å². The zero-order chi connectivity index (χ0) is 9.52. The van der Waals surface area contributed by atoms with Crippen LogP contribution in [-0.2, 0) is 4.84 Å². The van der Waals surface area contributed by atoms with E-state index < -0.39 is 0 Å². The average molecular weight is 180 g/mol. The van der Waals surface area contributed by atoms with Gasteiger partial charge in [0, 0.05) is 11.9 Å². The predicted molar refractivity (Wildman–Crippen MR) is 54.3 cm³/mol. The van der Waals surface area contributed by atoms with E-state index in [1.54, 1.807) is 6.21 Å². The summed E-state index contributed by atoms with van der Waals surface area (Å²) < 4.78 is 0. The highest BCUT2D eigenvalue weighted by Gasteiger charge is 2.03. The summed E-state index contributed by atoms with van der Waals surface area (Å²) in [5.41, 5.74) is 7.82. The van der Waals surface area contributed by atoms with E-state index in [0.29, 0.717) is 6.61 Å². The lowest BCUT2D eigenvalue weighted by Gasteiger charge is -2.10. The Hall–Kier alpha value is -1.25. The Labute approximate surface area is 78.9 Å². The van der Waals surface area contributed by atoms with E-state index in [-0.39, 0.29) is 0 Å². The van der Waals surface area contributed by atoms with Gasteiger partial charge in [-0.15, -0.1) is 0 Å². The van der Waals surface area contributed by atoms with Gasteiger partial charge in [0.1, 0.15) is 6.61 Å². The van der Waals surface area contributed by atoms with Crippen LogP contribution in [0.2, 0.25) is 0 Å². The third kappa shape index (κ3) is 3.78. The number of oxime groups is 1. The van der Waals surface area contributed by atoms with Crippen LogP contribution in [0.5, 0.6) is 0 Å². The smallest absolute Gasteiger partial charge is 0.138 e. The van der Waals surface area contributed by atoms with Crippen molar-refractivity contribution in [1.29, 1.82) is 0 Å². The molecule has 0 aliphatic heterocycles. The van der Waals surface area contributed by atoms with E-state index in [0.717, 1.165) is 25.0 Å². The molecule has 0 aromatic rings. The Morgan fingerprint density at radius 2 is 2.38 bits per heavy atom. The van der Waals surface area contributed by atoms with Crippen molar-refractivity contribution in [2.24, 2.45) is 10.9 Å². The molecule has 0 radical (unpaired) electrons. The lowest BCUT2D eigenvalue weighted by atomic mass is 10.0. The Morgan fingerprint density at radius 3 is 3.00 bits per heavy atom. The molecule has 1 aliphatic rings. The van der Waals surface area contributed by atoms with Crippen molar-refractivity contribution in [3.8, 4) is 0 Å². The Kier molecular flexibility index (Phi) is 4.09. The first-order valence-electron chi connectivity index (χ1n) is 4.60. The molecule has 0 aromatic carbocycles. The second kappa shape index (κ2) is 5.41. The Bertz CT molecular complexity index is 241. The molecule has 0 saturated heterocycles. The summed E-state index contributed by atoms with van der Waals surface area (Å²) in [7, 11) is 0. The van der Waals surface area contributed by atoms with Crippen LogP contribution in [0.15, 0.2) is 28.6 Å². The molecule has 0 saturated carbocycles. The second-order valence-corrected chi connectivity index (χ2v) is 3.04. The van der Waals surface area contributed by atoms with Gasteiger partial charge in [0.15, 0.2) is 0 Å². The van der Waals surface area contributed by atoms with Crippen molar-refractivity contribution in [1.82, 2.24) is 0 Å². The molecule has 0 amide bonds. The number of allylic oxidation sites excluding steroid dienone is 3. The van der Waals surface area contributed by atoms with Gasteiger partial charge in [-0.25, -0.2) is 0 Å². The van der Waals surface area contributed by atoms with Crippen LogP contribution in [-0.4, -0.2) is 12.8 Å². The SMILES string of the molecule is CC/C=N\OCC1=CC=C(N)CC1. The number of hydrogen-bond donors (Lipinski definition) is 1. The number of nitrogens with zero attached hydrogens (tertiary/aromatic N) is 1. The highest BCUT2D eigenvalue weighted by molar-refractivity contribution is 5.55. The van der Waals surface area contributed by atoms with E-state index in [4.69, 9.17) is 10.6 Å². The van der Waals surface area contributed by atoms with E-state index >= 15 is 0 Å².